The number of nitrogens with zero attached hydrogens (tertiary/aromatic N) is 2. The van der Waals surface area contributed by atoms with Crippen molar-refractivity contribution in [2.75, 3.05) is 0 Å². The lowest BCUT2D eigenvalue weighted by Crippen LogP contribution is -2.47. The van der Waals surface area contributed by atoms with Crippen molar-refractivity contribution in [1.29, 1.82) is 0 Å². The summed E-state index contributed by atoms with van der Waals surface area (Å²) in [6.07, 6.45) is -0.854. The second kappa shape index (κ2) is 9.96. The Labute approximate surface area is 177 Å². The summed E-state index contributed by atoms with van der Waals surface area (Å²) in [6.45, 7) is 13.2. The molecule has 7 heteroatoms. The largest absolute Gasteiger partial charge is 0.449 e. The van der Waals surface area contributed by atoms with Crippen molar-refractivity contribution in [2.45, 2.75) is 77.3 Å². The van der Waals surface area contributed by atoms with Crippen LogP contribution >= 0.6 is 11.8 Å². The zero-order chi connectivity index (χ0) is 21.7. The van der Waals surface area contributed by atoms with Gasteiger partial charge in [0.1, 0.15) is 5.76 Å². The molecule has 1 amide bonds. The Morgan fingerprint density at radius 2 is 1.72 bits per heavy atom. The fraction of sp³-hybridized carbons (Fsp3) is 0.500. The van der Waals surface area contributed by atoms with Crippen molar-refractivity contribution in [1.82, 2.24) is 10.1 Å². The van der Waals surface area contributed by atoms with Crippen LogP contribution in [-0.2, 0) is 15.3 Å². The molecule has 0 aliphatic rings. The fourth-order valence-corrected chi connectivity index (χ4v) is 4.40. The molecule has 6 nitrogen and oxygen atoms in total. The minimum absolute atomic E-state index is 0.0292. The topological polar surface area (TPSA) is 72.6 Å². The van der Waals surface area contributed by atoms with Crippen LogP contribution in [0.25, 0.3) is 0 Å². The van der Waals surface area contributed by atoms with Crippen molar-refractivity contribution in [3.63, 3.8) is 0 Å². The Morgan fingerprint density at radius 3 is 2.28 bits per heavy atom. The van der Waals surface area contributed by atoms with Gasteiger partial charge in [-0.25, -0.2) is 4.79 Å². The molecule has 1 aromatic heterocycles. The zero-order valence-electron chi connectivity index (χ0n) is 18.2. The summed E-state index contributed by atoms with van der Waals surface area (Å²) in [4.78, 5) is 28.1. The molecule has 0 saturated carbocycles. The molecule has 2 aromatic rings. The van der Waals surface area contributed by atoms with Crippen molar-refractivity contribution >= 4 is 23.6 Å². The molecule has 1 atom stereocenters. The second-order valence-electron chi connectivity index (χ2n) is 7.57. The monoisotopic (exact) mass is 418 g/mol. The molecule has 2 rings (SSSR count). The highest BCUT2D eigenvalue weighted by atomic mass is 32.2. The number of rotatable bonds is 8. The highest BCUT2D eigenvalue weighted by Gasteiger charge is 2.28. The van der Waals surface area contributed by atoms with Gasteiger partial charge < -0.3 is 14.2 Å². The lowest BCUT2D eigenvalue weighted by Gasteiger charge is -2.32. The zero-order valence-corrected chi connectivity index (χ0v) is 19.0. The first kappa shape index (κ1) is 23.0. The van der Waals surface area contributed by atoms with Crippen molar-refractivity contribution < 1.29 is 18.8 Å². The summed E-state index contributed by atoms with van der Waals surface area (Å²) in [6, 6.07) is 7.32. The van der Waals surface area contributed by atoms with Gasteiger partial charge in [-0.2, -0.15) is 0 Å². The molecule has 0 aliphatic heterocycles. The van der Waals surface area contributed by atoms with Gasteiger partial charge in [-0.3, -0.25) is 4.79 Å². The van der Waals surface area contributed by atoms with Gasteiger partial charge in [0.15, 0.2) is 6.10 Å². The SMILES string of the molecule is Cc1noc(C)c1CSc1ccccc1C(=O)O[C@@H](C)C(=O)N(C(C)C)C(C)C. The molecule has 0 N–H and O–H groups in total. The van der Waals surface area contributed by atoms with E-state index in [0.717, 1.165) is 21.9 Å². The number of aromatic nitrogens is 1. The van der Waals surface area contributed by atoms with Gasteiger partial charge in [-0.05, 0) is 60.6 Å². The van der Waals surface area contributed by atoms with Gasteiger partial charge >= 0.3 is 5.97 Å². The van der Waals surface area contributed by atoms with Crippen LogP contribution in [0.3, 0.4) is 0 Å². The van der Waals surface area contributed by atoms with E-state index < -0.39 is 12.1 Å². The predicted octanol–water partition coefficient (Wildman–Crippen LogP) is 4.77. The van der Waals surface area contributed by atoms with Crippen LogP contribution in [0, 0.1) is 13.8 Å². The average molecular weight is 419 g/mol. The number of carbonyl (C=O) groups excluding carboxylic acids is 2. The highest BCUT2D eigenvalue weighted by Crippen LogP contribution is 2.29. The summed E-state index contributed by atoms with van der Waals surface area (Å²) in [7, 11) is 0. The standard InChI is InChI=1S/C22H30N2O4S/c1-13(2)24(14(3)4)21(25)17(7)27-22(26)18-10-8-9-11-20(18)29-12-19-15(5)23-28-16(19)6/h8-11,13-14,17H,12H2,1-7H3/t17-/m0/s1. The van der Waals surface area contributed by atoms with E-state index in [1.807, 2.05) is 53.7 Å². The third-order valence-electron chi connectivity index (χ3n) is 4.66. The van der Waals surface area contributed by atoms with E-state index in [1.54, 1.807) is 24.0 Å². The highest BCUT2D eigenvalue weighted by molar-refractivity contribution is 7.98. The average Bonchev–Trinajstić information content (AvgIpc) is 2.97. The summed E-state index contributed by atoms with van der Waals surface area (Å²) >= 11 is 1.52. The number of carbonyl (C=O) groups is 2. The molecule has 1 heterocycles. The number of esters is 1. The number of ether oxygens (including phenoxy) is 1. The molecule has 0 saturated heterocycles. The first-order valence-corrected chi connectivity index (χ1v) is 10.8. The minimum atomic E-state index is -0.854. The lowest BCUT2D eigenvalue weighted by molar-refractivity contribution is -0.143. The number of benzene rings is 1. The maximum absolute atomic E-state index is 12.8. The molecule has 0 unspecified atom stereocenters. The molecule has 0 bridgehead atoms. The van der Waals surface area contributed by atoms with Crippen LogP contribution in [0.15, 0.2) is 33.7 Å². The quantitative estimate of drug-likeness (QED) is 0.454. The third kappa shape index (κ3) is 5.63. The van der Waals surface area contributed by atoms with E-state index in [1.165, 1.54) is 11.8 Å². The summed E-state index contributed by atoms with van der Waals surface area (Å²) in [5.41, 5.74) is 2.31. The summed E-state index contributed by atoms with van der Waals surface area (Å²) < 4.78 is 10.7. The van der Waals surface area contributed by atoms with E-state index >= 15 is 0 Å². The van der Waals surface area contributed by atoms with Gasteiger partial charge in [0.25, 0.3) is 5.91 Å². The Kier molecular flexibility index (Phi) is 7.90. The van der Waals surface area contributed by atoms with E-state index in [4.69, 9.17) is 9.26 Å². The Hall–Kier alpha value is -2.28. The maximum atomic E-state index is 12.8. The lowest BCUT2D eigenvalue weighted by atomic mass is 10.2. The third-order valence-corrected chi connectivity index (χ3v) is 5.76. The van der Waals surface area contributed by atoms with Crippen LogP contribution in [0.5, 0.6) is 0 Å². The van der Waals surface area contributed by atoms with E-state index in [9.17, 15) is 9.59 Å². The van der Waals surface area contributed by atoms with Gasteiger partial charge in [-0.1, -0.05) is 17.3 Å². The fourth-order valence-electron chi connectivity index (χ4n) is 3.21. The first-order chi connectivity index (χ1) is 13.6. The van der Waals surface area contributed by atoms with Gasteiger partial charge in [0, 0.05) is 28.3 Å². The van der Waals surface area contributed by atoms with E-state index in [-0.39, 0.29) is 18.0 Å². The minimum Gasteiger partial charge on any atom is -0.449 e. The number of amides is 1. The van der Waals surface area contributed by atoms with Gasteiger partial charge in [0.2, 0.25) is 0 Å². The van der Waals surface area contributed by atoms with Crippen LogP contribution in [0.1, 0.15) is 62.0 Å². The van der Waals surface area contributed by atoms with Gasteiger partial charge in [0.05, 0.1) is 11.3 Å². The van der Waals surface area contributed by atoms with Crippen molar-refractivity contribution in [3.8, 4) is 0 Å². The normalized spacial score (nSPS) is 12.3. The predicted molar refractivity (Wildman–Crippen MR) is 114 cm³/mol. The van der Waals surface area contributed by atoms with Crippen LogP contribution in [-0.4, -0.2) is 40.1 Å². The number of hydrogen-bond acceptors (Lipinski definition) is 6. The van der Waals surface area contributed by atoms with E-state index in [2.05, 4.69) is 5.16 Å². The molecule has 0 fully saturated rings. The molecular formula is C22H30N2O4S. The van der Waals surface area contributed by atoms with E-state index in [0.29, 0.717) is 11.3 Å². The first-order valence-electron chi connectivity index (χ1n) is 9.80. The second-order valence-corrected chi connectivity index (χ2v) is 8.59. The maximum Gasteiger partial charge on any atom is 0.340 e. The van der Waals surface area contributed by atoms with Crippen molar-refractivity contribution in [3.05, 3.63) is 46.8 Å². The Bertz CT molecular complexity index is 833. The van der Waals surface area contributed by atoms with Crippen molar-refractivity contribution in [2.24, 2.45) is 0 Å². The van der Waals surface area contributed by atoms with Crippen LogP contribution < -0.4 is 0 Å². The molecule has 1 aromatic carbocycles. The molecule has 0 aliphatic carbocycles. The molecule has 0 spiro atoms. The van der Waals surface area contributed by atoms with Crippen LogP contribution in [0.4, 0.5) is 0 Å². The number of aryl methyl sites for hydroxylation is 2. The van der Waals surface area contributed by atoms with Crippen LogP contribution in [0.2, 0.25) is 0 Å². The summed E-state index contributed by atoms with van der Waals surface area (Å²) in [5.74, 6) is 0.718. The summed E-state index contributed by atoms with van der Waals surface area (Å²) in [5, 5.41) is 3.97. The smallest absolute Gasteiger partial charge is 0.340 e. The molecule has 158 valence electrons. The molecular weight excluding hydrogens is 388 g/mol. The number of thioether (sulfide) groups is 1. The molecule has 29 heavy (non-hydrogen) atoms. The molecule has 0 radical (unpaired) electrons. The Morgan fingerprint density at radius 1 is 1.10 bits per heavy atom. The Balaban J connectivity index is 2.12. The van der Waals surface area contributed by atoms with Gasteiger partial charge in [-0.15, -0.1) is 11.8 Å². The number of hydrogen-bond donors (Lipinski definition) is 0.